The van der Waals surface area contributed by atoms with Gasteiger partial charge in [0.05, 0.1) is 24.8 Å². The molecule has 1 N–H and O–H groups in total. The fourth-order valence-electron chi connectivity index (χ4n) is 2.43. The maximum Gasteiger partial charge on any atom is 0.360 e. The number of aryl methyl sites for hydroxylation is 1. The van der Waals surface area contributed by atoms with Crippen LogP contribution in [0.15, 0.2) is 28.8 Å². The minimum Gasteiger partial charge on any atom is -0.505 e. The summed E-state index contributed by atoms with van der Waals surface area (Å²) in [7, 11) is 1.58. The summed E-state index contributed by atoms with van der Waals surface area (Å²) in [6.07, 6.45) is 0. The van der Waals surface area contributed by atoms with Crippen LogP contribution in [0, 0.1) is 6.92 Å². The topological polar surface area (TPSA) is 94.7 Å². The molecule has 3 aromatic rings. The number of carbonyl (C=O) groups excluding carboxylic acids is 1. The summed E-state index contributed by atoms with van der Waals surface area (Å²) in [6, 6.07) is 7.12. The molecule has 0 atom stereocenters. The Bertz CT molecular complexity index is 899. The lowest BCUT2D eigenvalue weighted by atomic mass is 10.1. The molecule has 0 bridgehead atoms. The molecule has 0 saturated carbocycles. The van der Waals surface area contributed by atoms with E-state index >= 15 is 0 Å². The molecule has 0 aliphatic rings. The van der Waals surface area contributed by atoms with Gasteiger partial charge in [-0.3, -0.25) is 0 Å². The molecule has 0 unspecified atom stereocenters. The summed E-state index contributed by atoms with van der Waals surface area (Å²) in [5.74, 6) is -0.302. The summed E-state index contributed by atoms with van der Waals surface area (Å²) in [5, 5.41) is 14.9. The number of hydrogen-bond donors (Lipinski definition) is 1. The molecule has 7 heteroatoms. The van der Waals surface area contributed by atoms with E-state index in [2.05, 4.69) is 10.1 Å². The van der Waals surface area contributed by atoms with Crippen LogP contribution in [-0.2, 0) is 4.74 Å². The second-order valence-corrected chi connectivity index (χ2v) is 5.08. The van der Waals surface area contributed by atoms with E-state index in [1.807, 2.05) is 0 Å². The number of pyridine rings is 1. The standard InChI is InChI=1S/C17H16N2O5/c1-4-23-17(21)14-15(20)12-13(19-24-16(12)9(2)18-14)10-5-7-11(22-3)8-6-10/h5-8,20H,4H2,1-3H3. The van der Waals surface area contributed by atoms with E-state index in [1.165, 1.54) is 0 Å². The molecular formula is C17H16N2O5. The first-order valence-corrected chi connectivity index (χ1v) is 7.37. The number of hydrogen-bond acceptors (Lipinski definition) is 7. The zero-order chi connectivity index (χ0) is 17.3. The first-order valence-electron chi connectivity index (χ1n) is 7.37. The summed E-state index contributed by atoms with van der Waals surface area (Å²) in [4.78, 5) is 16.1. The van der Waals surface area contributed by atoms with Crippen molar-refractivity contribution in [2.75, 3.05) is 13.7 Å². The maximum atomic E-state index is 12.0. The SMILES string of the molecule is CCOC(=O)c1nc(C)c2onc(-c3ccc(OC)cc3)c2c1O. The van der Waals surface area contributed by atoms with Crippen LogP contribution in [0.4, 0.5) is 0 Å². The van der Waals surface area contributed by atoms with Gasteiger partial charge in [0.15, 0.2) is 17.0 Å². The number of fused-ring (bicyclic) bond motifs is 1. The largest absolute Gasteiger partial charge is 0.505 e. The van der Waals surface area contributed by atoms with Crippen LogP contribution in [0.2, 0.25) is 0 Å². The molecule has 1 aromatic carbocycles. The minimum atomic E-state index is -0.693. The predicted octanol–water partition coefficient (Wildman–Crippen LogP) is 3.09. The van der Waals surface area contributed by atoms with E-state index < -0.39 is 5.97 Å². The molecule has 24 heavy (non-hydrogen) atoms. The van der Waals surface area contributed by atoms with Gasteiger partial charge in [-0.2, -0.15) is 0 Å². The summed E-state index contributed by atoms with van der Waals surface area (Å²) < 4.78 is 15.4. The average molecular weight is 328 g/mol. The number of carbonyl (C=O) groups is 1. The van der Waals surface area contributed by atoms with Gasteiger partial charge in [-0.05, 0) is 38.1 Å². The van der Waals surface area contributed by atoms with Crippen molar-refractivity contribution in [3.05, 3.63) is 35.7 Å². The number of ether oxygens (including phenoxy) is 2. The van der Waals surface area contributed by atoms with Crippen LogP contribution >= 0.6 is 0 Å². The van der Waals surface area contributed by atoms with Crippen LogP contribution in [0.1, 0.15) is 23.1 Å². The molecule has 3 rings (SSSR count). The summed E-state index contributed by atoms with van der Waals surface area (Å²) in [5.41, 5.74) is 1.75. The van der Waals surface area contributed by atoms with Gasteiger partial charge in [-0.25, -0.2) is 9.78 Å². The predicted molar refractivity (Wildman–Crippen MR) is 86.2 cm³/mol. The Morgan fingerprint density at radius 3 is 2.62 bits per heavy atom. The first-order chi connectivity index (χ1) is 11.6. The molecule has 7 nitrogen and oxygen atoms in total. The number of aromatic nitrogens is 2. The normalized spacial score (nSPS) is 10.8. The van der Waals surface area contributed by atoms with Crippen molar-refractivity contribution in [2.24, 2.45) is 0 Å². The number of methoxy groups -OCH3 is 1. The Kier molecular flexibility index (Phi) is 4.07. The van der Waals surface area contributed by atoms with Gasteiger partial charge in [-0.15, -0.1) is 0 Å². The Labute approximate surface area is 137 Å². The molecule has 0 fully saturated rings. The zero-order valence-corrected chi connectivity index (χ0v) is 13.5. The highest BCUT2D eigenvalue weighted by atomic mass is 16.5. The van der Waals surface area contributed by atoms with Gasteiger partial charge in [-0.1, -0.05) is 5.16 Å². The molecule has 2 heterocycles. The summed E-state index contributed by atoms with van der Waals surface area (Å²) >= 11 is 0. The van der Waals surface area contributed by atoms with E-state index in [-0.39, 0.29) is 18.1 Å². The van der Waals surface area contributed by atoms with Crippen LogP contribution in [0.3, 0.4) is 0 Å². The number of esters is 1. The van der Waals surface area contributed by atoms with Crippen molar-refractivity contribution in [3.63, 3.8) is 0 Å². The van der Waals surface area contributed by atoms with Crippen LogP contribution in [0.25, 0.3) is 22.2 Å². The van der Waals surface area contributed by atoms with Gasteiger partial charge in [0.1, 0.15) is 11.4 Å². The van der Waals surface area contributed by atoms with Gasteiger partial charge in [0, 0.05) is 5.56 Å². The summed E-state index contributed by atoms with van der Waals surface area (Å²) in [6.45, 7) is 3.54. The van der Waals surface area contributed by atoms with Crippen molar-refractivity contribution in [1.82, 2.24) is 10.1 Å². The molecule has 0 aliphatic carbocycles. The molecule has 2 aromatic heterocycles. The van der Waals surface area contributed by atoms with Crippen LogP contribution in [0.5, 0.6) is 11.5 Å². The van der Waals surface area contributed by atoms with E-state index in [9.17, 15) is 9.90 Å². The minimum absolute atomic E-state index is 0.153. The number of rotatable bonds is 4. The highest BCUT2D eigenvalue weighted by Gasteiger charge is 2.25. The fourth-order valence-corrected chi connectivity index (χ4v) is 2.43. The molecular weight excluding hydrogens is 312 g/mol. The smallest absolute Gasteiger partial charge is 0.360 e. The van der Waals surface area contributed by atoms with Crippen LogP contribution < -0.4 is 4.74 Å². The molecule has 0 saturated heterocycles. The third-order valence-electron chi connectivity index (χ3n) is 3.59. The van der Waals surface area contributed by atoms with Gasteiger partial charge in [0.2, 0.25) is 0 Å². The molecule has 0 spiro atoms. The third kappa shape index (κ3) is 2.54. The first kappa shape index (κ1) is 15.8. The molecule has 0 aliphatic heterocycles. The monoisotopic (exact) mass is 328 g/mol. The third-order valence-corrected chi connectivity index (χ3v) is 3.59. The lowest BCUT2D eigenvalue weighted by Gasteiger charge is -2.06. The van der Waals surface area contributed by atoms with Crippen molar-refractivity contribution in [1.29, 1.82) is 0 Å². The van der Waals surface area contributed by atoms with Crippen LogP contribution in [-0.4, -0.2) is 34.9 Å². The van der Waals surface area contributed by atoms with Gasteiger partial charge >= 0.3 is 5.97 Å². The second-order valence-electron chi connectivity index (χ2n) is 5.08. The van der Waals surface area contributed by atoms with Crippen molar-refractivity contribution >= 4 is 16.9 Å². The molecule has 0 radical (unpaired) electrons. The lowest BCUT2D eigenvalue weighted by Crippen LogP contribution is -2.08. The zero-order valence-electron chi connectivity index (χ0n) is 13.5. The van der Waals surface area contributed by atoms with E-state index in [4.69, 9.17) is 14.0 Å². The average Bonchev–Trinajstić information content (AvgIpc) is 3.04. The number of nitrogens with zero attached hydrogens (tertiary/aromatic N) is 2. The fraction of sp³-hybridized carbons (Fsp3) is 0.235. The Balaban J connectivity index is 2.20. The highest BCUT2D eigenvalue weighted by Crippen LogP contribution is 2.37. The van der Waals surface area contributed by atoms with Gasteiger partial charge < -0.3 is 19.1 Å². The molecule has 0 amide bonds. The van der Waals surface area contributed by atoms with Crippen molar-refractivity contribution < 1.29 is 23.9 Å². The Morgan fingerprint density at radius 2 is 2.00 bits per heavy atom. The van der Waals surface area contributed by atoms with Crippen molar-refractivity contribution in [2.45, 2.75) is 13.8 Å². The number of aromatic hydroxyl groups is 1. The molecule has 124 valence electrons. The van der Waals surface area contributed by atoms with E-state index in [0.29, 0.717) is 33.7 Å². The lowest BCUT2D eigenvalue weighted by molar-refractivity contribution is 0.0516. The maximum absolute atomic E-state index is 12.0. The number of benzene rings is 1. The van der Waals surface area contributed by atoms with E-state index in [1.54, 1.807) is 45.2 Å². The highest BCUT2D eigenvalue weighted by molar-refractivity contribution is 6.03. The second kappa shape index (κ2) is 6.19. The quantitative estimate of drug-likeness (QED) is 0.735. The van der Waals surface area contributed by atoms with Crippen molar-refractivity contribution in [3.8, 4) is 22.8 Å². The Morgan fingerprint density at radius 1 is 1.29 bits per heavy atom. The Hall–Kier alpha value is -3.09. The van der Waals surface area contributed by atoms with E-state index in [0.717, 1.165) is 0 Å². The van der Waals surface area contributed by atoms with Gasteiger partial charge in [0.25, 0.3) is 0 Å².